The minimum atomic E-state index is -0.826. The Morgan fingerprint density at radius 3 is 1.08 bits per heavy atom. The molecule has 0 fully saturated rings. The Kier molecular flexibility index (Phi) is 15.2. The molecule has 0 spiro atoms. The largest absolute Gasteiger partial charge is 0.214 e. The van der Waals surface area contributed by atoms with E-state index in [1.165, 1.54) is 10.4 Å². The molecule has 4 heteroatoms. The zero-order valence-corrected chi connectivity index (χ0v) is 19.5. The second-order valence-electron chi connectivity index (χ2n) is 4.96. The molecule has 1 radical (unpaired) electrons. The maximum Gasteiger partial charge on any atom is 0.103 e. The van der Waals surface area contributed by atoms with Gasteiger partial charge in [-0.1, -0.05) is 71.0 Å². The van der Waals surface area contributed by atoms with Gasteiger partial charge in [0.2, 0.25) is 0 Å². The molecule has 0 saturated carbocycles. The Hall–Kier alpha value is -1.18. The number of rotatable bonds is 2. The molecule has 0 saturated heterocycles. The van der Waals surface area contributed by atoms with Gasteiger partial charge in [0, 0.05) is 0 Å². The fraction of sp³-hybridized carbons (Fsp3) is 0. The maximum atomic E-state index is 4.93. The third-order valence-corrected chi connectivity index (χ3v) is 4.48. The summed E-state index contributed by atoms with van der Waals surface area (Å²) in [5.41, 5.74) is 0. The smallest absolute Gasteiger partial charge is 0.103 e. The van der Waals surface area contributed by atoms with E-state index in [1.807, 2.05) is 60.7 Å². The van der Waals surface area contributed by atoms with Crippen molar-refractivity contribution in [2.45, 2.75) is 0 Å². The third-order valence-electron chi connectivity index (χ3n) is 3.04. The van der Waals surface area contributed by atoms with Crippen LogP contribution in [-0.4, -0.2) is 9.52 Å². The standard InChI is InChI=1S/C12H11Si.2C5H5.2ClH.Zr/c1-3-7-11(8-4-1)13-12-9-5-2-6-10-12;2*1-2-4-5-3-1;;;/h1-10,13H;2*1-5H;2*1H;/q;2*-1;;;+4/p-2. The molecule has 0 heterocycles. The first-order chi connectivity index (χ1) is 12.9. The number of benzene rings is 2. The number of hydrogen-bond donors (Lipinski definition) is 0. The maximum absolute atomic E-state index is 4.93. The minimum absolute atomic E-state index is 0.271. The van der Waals surface area contributed by atoms with Gasteiger partial charge >= 0.3 is 37.9 Å². The summed E-state index contributed by atoms with van der Waals surface area (Å²) in [5, 5.41) is 2.90. The molecule has 0 N–H and O–H groups in total. The van der Waals surface area contributed by atoms with Crippen LogP contribution in [0.1, 0.15) is 0 Å². The van der Waals surface area contributed by atoms with Crippen LogP contribution in [0.4, 0.5) is 0 Å². The third kappa shape index (κ3) is 13.1. The summed E-state index contributed by atoms with van der Waals surface area (Å²) in [6, 6.07) is 41.3. The van der Waals surface area contributed by atoms with Gasteiger partial charge < -0.3 is 0 Å². The second kappa shape index (κ2) is 17.2. The fourth-order valence-electron chi connectivity index (χ4n) is 1.93. The van der Waals surface area contributed by atoms with Crippen LogP contribution in [0.15, 0.2) is 121 Å². The average molecular weight is 476 g/mol. The van der Waals surface area contributed by atoms with Crippen LogP contribution in [-0.2, 0) is 20.8 Å². The molecule has 0 aliphatic heterocycles. The normalized spacial score (nSPS) is 8.38. The van der Waals surface area contributed by atoms with Crippen molar-refractivity contribution in [3.8, 4) is 0 Å². The SMILES string of the molecule is [Cl][Zr+2][Cl].c1cc[cH-]c1.c1cc[cH-]c1.c1ccc([SiH]c2ccccc2)cc1. The van der Waals surface area contributed by atoms with Gasteiger partial charge in [-0.25, -0.2) is 24.3 Å². The predicted molar refractivity (Wildman–Crippen MR) is 115 cm³/mol. The van der Waals surface area contributed by atoms with Gasteiger partial charge in [-0.2, -0.15) is 36.4 Å². The Balaban J connectivity index is 0.000000213. The van der Waals surface area contributed by atoms with Crippen molar-refractivity contribution in [3.63, 3.8) is 0 Å². The van der Waals surface area contributed by atoms with Crippen molar-refractivity contribution < 1.29 is 20.8 Å². The summed E-state index contributed by atoms with van der Waals surface area (Å²) in [6.45, 7) is 0. The second-order valence-corrected chi connectivity index (χ2v) is 10.3. The molecule has 0 amide bonds. The molecule has 0 bridgehead atoms. The van der Waals surface area contributed by atoms with Crippen molar-refractivity contribution >= 4 is 36.9 Å². The minimum Gasteiger partial charge on any atom is -0.214 e. The average Bonchev–Trinajstić information content (AvgIpc) is 3.43. The summed E-state index contributed by atoms with van der Waals surface area (Å²) in [4.78, 5) is 0. The van der Waals surface area contributed by atoms with Crippen LogP contribution >= 0.6 is 17.0 Å². The van der Waals surface area contributed by atoms with Crippen LogP contribution in [0, 0.1) is 0 Å². The molecule has 0 unspecified atom stereocenters. The van der Waals surface area contributed by atoms with Gasteiger partial charge in [0.15, 0.2) is 0 Å². The van der Waals surface area contributed by atoms with Gasteiger partial charge in [0.1, 0.15) is 9.52 Å². The molecule has 4 rings (SSSR count). The summed E-state index contributed by atoms with van der Waals surface area (Å²) in [6.07, 6.45) is 0. The molecular weight excluding hydrogens is 454 g/mol. The van der Waals surface area contributed by atoms with E-state index in [-0.39, 0.29) is 9.52 Å². The first-order valence-corrected chi connectivity index (χ1v) is 15.6. The van der Waals surface area contributed by atoms with E-state index in [2.05, 4.69) is 60.7 Å². The summed E-state index contributed by atoms with van der Waals surface area (Å²) in [5.74, 6) is 0. The summed E-state index contributed by atoms with van der Waals surface area (Å²) in [7, 11) is 10.1. The van der Waals surface area contributed by atoms with Crippen LogP contribution in [0.3, 0.4) is 0 Å². The van der Waals surface area contributed by atoms with E-state index in [9.17, 15) is 0 Å². The first kappa shape index (κ1) is 22.9. The van der Waals surface area contributed by atoms with Crippen molar-refractivity contribution in [1.29, 1.82) is 0 Å². The van der Waals surface area contributed by atoms with E-state index < -0.39 is 20.8 Å². The van der Waals surface area contributed by atoms with Crippen molar-refractivity contribution in [3.05, 3.63) is 121 Å². The van der Waals surface area contributed by atoms with E-state index >= 15 is 0 Å². The number of hydrogen-bond acceptors (Lipinski definition) is 0. The molecule has 131 valence electrons. The Bertz CT molecular complexity index is 613. The van der Waals surface area contributed by atoms with E-state index in [0.717, 1.165) is 0 Å². The zero-order chi connectivity index (χ0) is 18.7. The molecule has 4 aromatic rings. The summed E-state index contributed by atoms with van der Waals surface area (Å²) >= 11 is -0.826. The molecule has 0 aliphatic carbocycles. The van der Waals surface area contributed by atoms with Crippen LogP contribution in [0.5, 0.6) is 0 Å². The van der Waals surface area contributed by atoms with Gasteiger partial charge in [-0.15, -0.1) is 0 Å². The Morgan fingerprint density at radius 2 is 0.846 bits per heavy atom. The van der Waals surface area contributed by atoms with E-state index in [1.54, 1.807) is 0 Å². The van der Waals surface area contributed by atoms with Crippen LogP contribution in [0.25, 0.3) is 0 Å². The van der Waals surface area contributed by atoms with Gasteiger partial charge in [0.05, 0.1) is 0 Å². The number of halogens is 2. The molecule has 0 atom stereocenters. The van der Waals surface area contributed by atoms with Gasteiger partial charge in [-0.05, 0) is 0 Å². The molecule has 26 heavy (non-hydrogen) atoms. The van der Waals surface area contributed by atoms with Crippen molar-refractivity contribution in [2.24, 2.45) is 0 Å². The van der Waals surface area contributed by atoms with Crippen molar-refractivity contribution in [1.82, 2.24) is 0 Å². The zero-order valence-electron chi connectivity index (χ0n) is 14.4. The van der Waals surface area contributed by atoms with Crippen LogP contribution in [0.2, 0.25) is 0 Å². The monoisotopic (exact) mass is 473 g/mol. The molecule has 0 aliphatic rings. The topological polar surface area (TPSA) is 0 Å². The first-order valence-electron chi connectivity index (χ1n) is 8.11. The Morgan fingerprint density at radius 1 is 0.538 bits per heavy atom. The van der Waals surface area contributed by atoms with Crippen molar-refractivity contribution in [2.75, 3.05) is 0 Å². The molecule has 4 aromatic carbocycles. The van der Waals surface area contributed by atoms with E-state index in [4.69, 9.17) is 17.0 Å². The van der Waals surface area contributed by atoms with Gasteiger partial charge in [0.25, 0.3) is 0 Å². The molecular formula is C22H21Cl2SiZr. The molecule has 0 aromatic heterocycles. The summed E-state index contributed by atoms with van der Waals surface area (Å²) < 4.78 is 0. The van der Waals surface area contributed by atoms with Gasteiger partial charge in [-0.3, -0.25) is 0 Å². The van der Waals surface area contributed by atoms with Crippen LogP contribution < -0.4 is 10.4 Å². The quantitative estimate of drug-likeness (QED) is 0.274. The fourth-order valence-corrected chi connectivity index (χ4v) is 3.15. The predicted octanol–water partition coefficient (Wildman–Crippen LogP) is 5.26. The Labute approximate surface area is 178 Å². The van der Waals surface area contributed by atoms with E-state index in [0.29, 0.717) is 0 Å². The molecule has 0 nitrogen and oxygen atoms in total.